The molecule has 0 aromatic carbocycles. The summed E-state index contributed by atoms with van der Waals surface area (Å²) in [6, 6.07) is 0.585. The third-order valence-corrected chi connectivity index (χ3v) is 5.33. The van der Waals surface area contributed by atoms with E-state index in [1.165, 1.54) is 64.2 Å². The van der Waals surface area contributed by atoms with E-state index in [0.29, 0.717) is 12.0 Å². The van der Waals surface area contributed by atoms with Crippen LogP contribution < -0.4 is 5.43 Å². The van der Waals surface area contributed by atoms with Crippen molar-refractivity contribution in [3.05, 3.63) is 12.4 Å². The summed E-state index contributed by atoms with van der Waals surface area (Å²) in [4.78, 5) is 13.9. The Bertz CT molecular complexity index is 383. The van der Waals surface area contributed by atoms with E-state index < -0.39 is 0 Å². The maximum absolute atomic E-state index is 12.0. The first-order chi connectivity index (χ1) is 10.3. The quantitative estimate of drug-likeness (QED) is 0.866. The number of nitrogens with one attached hydrogen (secondary N) is 1. The van der Waals surface area contributed by atoms with Crippen LogP contribution in [0, 0.1) is 5.92 Å². The van der Waals surface area contributed by atoms with Crippen LogP contribution in [0.5, 0.6) is 0 Å². The minimum absolute atomic E-state index is 0.162. The topological polar surface area (TPSA) is 35.6 Å². The molecule has 1 unspecified atom stereocenters. The molecule has 3 rings (SSSR count). The van der Waals surface area contributed by atoms with Crippen LogP contribution in [0.15, 0.2) is 12.4 Å². The number of carbonyl (C=O) groups excluding carboxylic acids is 1. The Balaban J connectivity index is 1.68. The second-order valence-corrected chi connectivity index (χ2v) is 6.91. The standard InChI is InChI=1S/C17H29N3O/c1-14(21)19-12-13-20(18-16-10-6-3-7-11-16)17(19)15-8-4-2-5-9-15/h12-13,15-18H,2-11H2,1H3. The van der Waals surface area contributed by atoms with Crippen LogP contribution in [-0.2, 0) is 4.79 Å². The lowest BCUT2D eigenvalue weighted by molar-refractivity contribution is -0.132. The summed E-state index contributed by atoms with van der Waals surface area (Å²) >= 11 is 0. The highest BCUT2D eigenvalue weighted by Gasteiger charge is 2.37. The zero-order valence-electron chi connectivity index (χ0n) is 13.3. The van der Waals surface area contributed by atoms with E-state index in [0.717, 1.165) is 0 Å². The molecule has 4 heteroatoms. The number of rotatable bonds is 3. The van der Waals surface area contributed by atoms with Crippen LogP contribution in [0.4, 0.5) is 0 Å². The van der Waals surface area contributed by atoms with Gasteiger partial charge < -0.3 is 0 Å². The summed E-state index contributed by atoms with van der Waals surface area (Å²) in [5, 5.41) is 2.24. The summed E-state index contributed by atoms with van der Waals surface area (Å²) in [7, 11) is 0. The molecule has 2 fully saturated rings. The summed E-state index contributed by atoms with van der Waals surface area (Å²) in [6.07, 6.45) is 17.3. The number of nitrogens with zero attached hydrogens (tertiary/aromatic N) is 2. The molecule has 2 saturated carbocycles. The number of hydrogen-bond donors (Lipinski definition) is 1. The average molecular weight is 291 g/mol. The molecular weight excluding hydrogens is 262 g/mol. The lowest BCUT2D eigenvalue weighted by atomic mass is 9.86. The minimum Gasteiger partial charge on any atom is -0.295 e. The molecule has 0 radical (unpaired) electrons. The van der Waals surface area contributed by atoms with Crippen LogP contribution in [0.1, 0.15) is 71.1 Å². The third-order valence-electron chi connectivity index (χ3n) is 5.33. The normalized spacial score (nSPS) is 28.3. The second kappa shape index (κ2) is 6.82. The fraction of sp³-hybridized carbons (Fsp3) is 0.824. The van der Waals surface area contributed by atoms with Gasteiger partial charge in [0.15, 0.2) is 0 Å². The van der Waals surface area contributed by atoms with Gasteiger partial charge in [-0.15, -0.1) is 0 Å². The highest BCUT2D eigenvalue weighted by molar-refractivity contribution is 5.75. The van der Waals surface area contributed by atoms with E-state index >= 15 is 0 Å². The lowest BCUT2D eigenvalue weighted by Crippen LogP contribution is -2.54. The molecule has 1 amide bonds. The van der Waals surface area contributed by atoms with Gasteiger partial charge in [0.25, 0.3) is 0 Å². The highest BCUT2D eigenvalue weighted by Crippen LogP contribution is 2.33. The number of carbonyl (C=O) groups is 1. The number of amides is 1. The Morgan fingerprint density at radius 2 is 1.57 bits per heavy atom. The second-order valence-electron chi connectivity index (χ2n) is 6.91. The maximum Gasteiger partial charge on any atom is 0.225 e. The fourth-order valence-electron chi connectivity index (χ4n) is 4.19. The van der Waals surface area contributed by atoms with Crippen molar-refractivity contribution in [3.63, 3.8) is 0 Å². The van der Waals surface area contributed by atoms with Gasteiger partial charge in [-0.25, -0.2) is 5.43 Å². The molecule has 21 heavy (non-hydrogen) atoms. The van der Waals surface area contributed by atoms with E-state index in [4.69, 9.17) is 0 Å². The molecule has 118 valence electrons. The van der Waals surface area contributed by atoms with Gasteiger partial charge in [0, 0.05) is 25.4 Å². The molecule has 1 atom stereocenters. The van der Waals surface area contributed by atoms with Crippen molar-refractivity contribution in [1.29, 1.82) is 0 Å². The first-order valence-corrected chi connectivity index (χ1v) is 8.77. The van der Waals surface area contributed by atoms with Gasteiger partial charge in [0.05, 0.1) is 0 Å². The molecule has 1 aliphatic heterocycles. The Kier molecular flexibility index (Phi) is 4.84. The van der Waals surface area contributed by atoms with Gasteiger partial charge in [0.2, 0.25) is 5.91 Å². The lowest BCUT2D eigenvalue weighted by Gasteiger charge is -2.40. The molecule has 0 aromatic heterocycles. The Morgan fingerprint density at radius 1 is 0.952 bits per heavy atom. The van der Waals surface area contributed by atoms with Crippen molar-refractivity contribution in [2.45, 2.75) is 83.3 Å². The number of hydrazine groups is 1. The summed E-state index contributed by atoms with van der Waals surface area (Å²) < 4.78 is 0. The highest BCUT2D eigenvalue weighted by atomic mass is 16.2. The summed E-state index contributed by atoms with van der Waals surface area (Å²) in [5.74, 6) is 0.767. The van der Waals surface area contributed by atoms with Gasteiger partial charge in [-0.3, -0.25) is 14.7 Å². The molecule has 2 aliphatic carbocycles. The zero-order chi connectivity index (χ0) is 14.7. The molecule has 0 aromatic rings. The molecule has 1 heterocycles. The van der Waals surface area contributed by atoms with Gasteiger partial charge in [-0.05, 0) is 31.6 Å². The minimum atomic E-state index is 0.162. The van der Waals surface area contributed by atoms with E-state index in [2.05, 4.69) is 16.6 Å². The SMILES string of the molecule is CC(=O)N1C=CN(NC2CCCCC2)C1C1CCCCC1. The largest absolute Gasteiger partial charge is 0.295 e. The van der Waals surface area contributed by atoms with Gasteiger partial charge in [-0.1, -0.05) is 38.5 Å². The van der Waals surface area contributed by atoms with Crippen LogP contribution in [-0.4, -0.2) is 28.0 Å². The van der Waals surface area contributed by atoms with Crippen molar-refractivity contribution < 1.29 is 4.79 Å². The molecular formula is C17H29N3O. The molecule has 0 spiro atoms. The van der Waals surface area contributed by atoms with Crippen LogP contribution in [0.25, 0.3) is 0 Å². The van der Waals surface area contributed by atoms with Crippen LogP contribution in [0.2, 0.25) is 0 Å². The van der Waals surface area contributed by atoms with Gasteiger partial charge in [0.1, 0.15) is 6.17 Å². The maximum atomic E-state index is 12.0. The van der Waals surface area contributed by atoms with Crippen molar-refractivity contribution in [2.75, 3.05) is 0 Å². The van der Waals surface area contributed by atoms with Gasteiger partial charge in [-0.2, -0.15) is 0 Å². The van der Waals surface area contributed by atoms with Crippen molar-refractivity contribution in [3.8, 4) is 0 Å². The predicted molar refractivity (Wildman–Crippen MR) is 83.9 cm³/mol. The van der Waals surface area contributed by atoms with Crippen molar-refractivity contribution in [1.82, 2.24) is 15.3 Å². The Hall–Kier alpha value is -1.03. The predicted octanol–water partition coefficient (Wildman–Crippen LogP) is 3.37. The average Bonchev–Trinajstić information content (AvgIpc) is 2.93. The molecule has 4 nitrogen and oxygen atoms in total. The van der Waals surface area contributed by atoms with Crippen molar-refractivity contribution >= 4 is 5.91 Å². The fourth-order valence-corrected chi connectivity index (χ4v) is 4.19. The van der Waals surface area contributed by atoms with E-state index in [1.807, 2.05) is 11.1 Å². The number of hydrogen-bond acceptors (Lipinski definition) is 3. The zero-order valence-corrected chi connectivity index (χ0v) is 13.3. The van der Waals surface area contributed by atoms with E-state index in [9.17, 15) is 4.79 Å². The first kappa shape index (κ1) is 14.9. The molecule has 3 aliphatic rings. The molecule has 0 bridgehead atoms. The smallest absolute Gasteiger partial charge is 0.225 e. The van der Waals surface area contributed by atoms with Crippen molar-refractivity contribution in [2.24, 2.45) is 5.92 Å². The van der Waals surface area contributed by atoms with E-state index in [1.54, 1.807) is 6.92 Å². The Labute approximate surface area is 128 Å². The van der Waals surface area contributed by atoms with E-state index in [-0.39, 0.29) is 12.1 Å². The summed E-state index contributed by atoms with van der Waals surface area (Å²) in [6.45, 7) is 1.68. The first-order valence-electron chi connectivity index (χ1n) is 8.77. The van der Waals surface area contributed by atoms with Crippen LogP contribution >= 0.6 is 0 Å². The third kappa shape index (κ3) is 3.42. The summed E-state index contributed by atoms with van der Waals surface area (Å²) in [5.41, 5.74) is 3.70. The monoisotopic (exact) mass is 291 g/mol. The molecule has 1 N–H and O–H groups in total. The van der Waals surface area contributed by atoms with Crippen LogP contribution in [0.3, 0.4) is 0 Å². The molecule has 0 saturated heterocycles. The van der Waals surface area contributed by atoms with Gasteiger partial charge >= 0.3 is 0 Å². The Morgan fingerprint density at radius 3 is 2.19 bits per heavy atom.